The summed E-state index contributed by atoms with van der Waals surface area (Å²) in [6.07, 6.45) is 2.21. The summed E-state index contributed by atoms with van der Waals surface area (Å²) < 4.78 is 0. The molecule has 7 atom stereocenters. The van der Waals surface area contributed by atoms with Crippen molar-refractivity contribution in [3.63, 3.8) is 0 Å². The van der Waals surface area contributed by atoms with Crippen LogP contribution in [0, 0.1) is 23.7 Å². The summed E-state index contributed by atoms with van der Waals surface area (Å²) in [5.41, 5.74) is 5.07. The zero-order valence-electron chi connectivity index (χ0n) is 23.6. The zero-order valence-corrected chi connectivity index (χ0v) is 23.6. The van der Waals surface area contributed by atoms with Gasteiger partial charge < -0.3 is 20.8 Å². The molecule has 0 spiro atoms. The number of phenols is 1. The van der Waals surface area contributed by atoms with E-state index in [4.69, 9.17) is 5.73 Å². The molecule has 0 aromatic heterocycles. The SMILES string of the molecule is CCN1CCCC1c1cc(O)c2c(c1N(C)C)CC1CC3C(N(C)C)C(=O)C(C(N)=O)C(=O)C3(O)C(=O)C1C2=O. The van der Waals surface area contributed by atoms with Crippen molar-refractivity contribution in [2.24, 2.45) is 29.4 Å². The third-order valence-electron chi connectivity index (χ3n) is 9.64. The van der Waals surface area contributed by atoms with E-state index in [-0.39, 0.29) is 30.2 Å². The van der Waals surface area contributed by atoms with Crippen LogP contribution >= 0.6 is 0 Å². The Morgan fingerprint density at radius 1 is 1.15 bits per heavy atom. The number of carbonyl (C=O) groups excluding carboxylic acids is 5. The maximum Gasteiger partial charge on any atom is 0.235 e. The molecular formula is C29H38N4O7. The van der Waals surface area contributed by atoms with Crippen molar-refractivity contribution in [2.45, 2.75) is 50.3 Å². The molecule has 2 saturated carbocycles. The van der Waals surface area contributed by atoms with E-state index in [1.54, 1.807) is 20.2 Å². The molecule has 1 aliphatic heterocycles. The fourth-order valence-corrected chi connectivity index (χ4v) is 8.03. The van der Waals surface area contributed by atoms with Crippen LogP contribution in [0.3, 0.4) is 0 Å². The zero-order chi connectivity index (χ0) is 29.4. The molecule has 11 heteroatoms. The summed E-state index contributed by atoms with van der Waals surface area (Å²) in [5, 5.41) is 22.9. The van der Waals surface area contributed by atoms with Gasteiger partial charge in [-0.1, -0.05) is 6.92 Å². The number of amides is 1. The number of anilines is 1. The Morgan fingerprint density at radius 3 is 2.40 bits per heavy atom. The van der Waals surface area contributed by atoms with Crippen LogP contribution in [0.1, 0.15) is 53.7 Å². The lowest BCUT2D eigenvalue weighted by Gasteiger charge is -2.52. The molecule has 216 valence electrons. The van der Waals surface area contributed by atoms with Crippen LogP contribution in [-0.4, -0.2) is 102 Å². The highest BCUT2D eigenvalue weighted by Gasteiger charge is 2.69. The molecule has 1 aromatic carbocycles. The molecule has 3 aliphatic carbocycles. The number of hydrogen-bond acceptors (Lipinski definition) is 10. The molecule has 1 saturated heterocycles. The van der Waals surface area contributed by atoms with E-state index in [1.807, 2.05) is 19.0 Å². The largest absolute Gasteiger partial charge is 0.507 e. The minimum absolute atomic E-state index is 0.0279. The highest BCUT2D eigenvalue weighted by molar-refractivity contribution is 6.32. The molecule has 3 fully saturated rings. The van der Waals surface area contributed by atoms with Crippen molar-refractivity contribution in [3.8, 4) is 5.75 Å². The van der Waals surface area contributed by atoms with Crippen LogP contribution in [-0.2, 0) is 25.6 Å². The Bertz CT molecular complexity index is 1320. The molecular weight excluding hydrogens is 516 g/mol. The first-order chi connectivity index (χ1) is 18.8. The van der Waals surface area contributed by atoms with Gasteiger partial charge in [-0.25, -0.2) is 0 Å². The number of carbonyl (C=O) groups is 5. The summed E-state index contributed by atoms with van der Waals surface area (Å²) in [7, 11) is 6.91. The predicted molar refractivity (Wildman–Crippen MR) is 145 cm³/mol. The second-order valence-electron chi connectivity index (χ2n) is 12.2. The van der Waals surface area contributed by atoms with Crippen LogP contribution in [0.2, 0.25) is 0 Å². The first-order valence-corrected chi connectivity index (χ1v) is 13.9. The highest BCUT2D eigenvalue weighted by atomic mass is 16.3. The third-order valence-corrected chi connectivity index (χ3v) is 9.64. The Labute approximate surface area is 233 Å². The first kappa shape index (κ1) is 28.4. The van der Waals surface area contributed by atoms with Crippen LogP contribution in [0.4, 0.5) is 5.69 Å². The number of fused-ring (bicyclic) bond motifs is 3. The molecule has 40 heavy (non-hydrogen) atoms. The average Bonchev–Trinajstić information content (AvgIpc) is 3.34. The summed E-state index contributed by atoms with van der Waals surface area (Å²) in [6.45, 7) is 3.87. The minimum Gasteiger partial charge on any atom is -0.507 e. The number of phenolic OH excluding ortho intramolecular Hbond substituents is 1. The average molecular weight is 555 g/mol. The lowest BCUT2D eigenvalue weighted by Crippen LogP contribution is -2.74. The van der Waals surface area contributed by atoms with E-state index in [0.29, 0.717) is 5.56 Å². The van der Waals surface area contributed by atoms with Gasteiger partial charge in [0.2, 0.25) is 5.91 Å². The number of aliphatic hydroxyl groups is 1. The lowest BCUT2D eigenvalue weighted by molar-refractivity contribution is -0.181. The van der Waals surface area contributed by atoms with Gasteiger partial charge in [-0.15, -0.1) is 0 Å². The first-order valence-electron chi connectivity index (χ1n) is 13.9. The van der Waals surface area contributed by atoms with E-state index in [9.17, 15) is 34.2 Å². The van der Waals surface area contributed by atoms with E-state index >= 15 is 0 Å². The maximum absolute atomic E-state index is 14.0. The Hall–Kier alpha value is -3.15. The molecule has 1 amide bonds. The second kappa shape index (κ2) is 9.74. The van der Waals surface area contributed by atoms with Gasteiger partial charge in [-0.3, -0.25) is 33.8 Å². The summed E-state index contributed by atoms with van der Waals surface area (Å²) in [5.74, 6) is -10.3. The van der Waals surface area contributed by atoms with Gasteiger partial charge in [0.15, 0.2) is 34.7 Å². The molecule has 4 aliphatic rings. The van der Waals surface area contributed by atoms with Gasteiger partial charge in [-0.05, 0) is 76.0 Å². The predicted octanol–water partition coefficient (Wildman–Crippen LogP) is 0.0898. The molecule has 1 heterocycles. The molecule has 0 bridgehead atoms. The molecule has 7 unspecified atom stereocenters. The molecule has 11 nitrogen and oxygen atoms in total. The summed E-state index contributed by atoms with van der Waals surface area (Å²) in [6, 6.07) is 0.569. The normalized spacial score (nSPS) is 34.1. The van der Waals surface area contributed by atoms with Gasteiger partial charge >= 0.3 is 0 Å². The van der Waals surface area contributed by atoms with Crippen LogP contribution in [0.15, 0.2) is 6.07 Å². The molecule has 1 aromatic rings. The summed E-state index contributed by atoms with van der Waals surface area (Å²) >= 11 is 0. The fourth-order valence-electron chi connectivity index (χ4n) is 8.03. The van der Waals surface area contributed by atoms with Crippen molar-refractivity contribution in [1.29, 1.82) is 0 Å². The van der Waals surface area contributed by atoms with Gasteiger partial charge in [0, 0.05) is 31.7 Å². The van der Waals surface area contributed by atoms with Gasteiger partial charge in [-0.2, -0.15) is 0 Å². The quantitative estimate of drug-likeness (QED) is 0.425. The number of nitrogens with two attached hydrogens (primary N) is 1. The standard InChI is InChI=1S/C29H38N4O7/c1-6-33-9-7-8-17(33)14-12-18(34)20-15(22(14)31(2)3)10-13-11-16-23(32(4)5)25(36)21(28(30)39)27(38)29(16,40)26(37)19(13)24(20)35/h12-13,16-17,19,21,23,34,40H,6-11H2,1-5H3,(H2,30,39). The van der Waals surface area contributed by atoms with Crippen LogP contribution in [0.5, 0.6) is 5.75 Å². The van der Waals surface area contributed by atoms with Crippen molar-refractivity contribution in [2.75, 3.05) is 46.2 Å². The number of likely N-dealkylation sites (tertiary alicyclic amines) is 1. The van der Waals surface area contributed by atoms with Crippen molar-refractivity contribution < 1.29 is 34.2 Å². The number of primary amides is 1. The third kappa shape index (κ3) is 3.77. The lowest BCUT2D eigenvalue weighted by atomic mass is 9.52. The molecule has 0 radical (unpaired) electrons. The molecule has 4 N–H and O–H groups in total. The van der Waals surface area contributed by atoms with Crippen LogP contribution < -0.4 is 10.6 Å². The van der Waals surface area contributed by atoms with Gasteiger partial charge in [0.05, 0.1) is 17.5 Å². The Kier molecular flexibility index (Phi) is 6.91. The number of benzene rings is 1. The van der Waals surface area contributed by atoms with Crippen molar-refractivity contribution in [3.05, 3.63) is 22.8 Å². The van der Waals surface area contributed by atoms with Crippen LogP contribution in [0.25, 0.3) is 0 Å². The fraction of sp³-hybridized carbons (Fsp3) is 0.621. The van der Waals surface area contributed by atoms with Crippen molar-refractivity contribution in [1.82, 2.24) is 9.80 Å². The number of Topliss-reactive ketones (excluding diaryl/α,β-unsaturated/α-hetero) is 4. The highest BCUT2D eigenvalue weighted by Crippen LogP contribution is 2.53. The number of hydrogen-bond donors (Lipinski definition) is 3. The second-order valence-corrected chi connectivity index (χ2v) is 12.2. The smallest absolute Gasteiger partial charge is 0.235 e. The minimum atomic E-state index is -2.72. The van der Waals surface area contributed by atoms with Crippen molar-refractivity contribution >= 4 is 34.7 Å². The van der Waals surface area contributed by atoms with Gasteiger partial charge in [0.25, 0.3) is 0 Å². The number of likely N-dealkylation sites (N-methyl/N-ethyl adjacent to an activating group) is 1. The molecule has 5 rings (SSSR count). The van der Waals surface area contributed by atoms with Gasteiger partial charge in [0.1, 0.15) is 5.75 Å². The number of nitrogens with zero attached hydrogens (tertiary/aromatic N) is 3. The van der Waals surface area contributed by atoms with E-state index in [1.165, 1.54) is 4.90 Å². The topological polar surface area (TPSA) is 162 Å². The number of ketones is 4. The van der Waals surface area contributed by atoms with E-state index in [2.05, 4.69) is 11.8 Å². The maximum atomic E-state index is 14.0. The van der Waals surface area contributed by atoms with E-state index < -0.39 is 64.4 Å². The summed E-state index contributed by atoms with van der Waals surface area (Å²) in [4.78, 5) is 72.6. The number of rotatable bonds is 5. The van der Waals surface area contributed by atoms with E-state index in [0.717, 1.165) is 37.2 Å². The monoisotopic (exact) mass is 554 g/mol. The Balaban J connectivity index is 1.66. The number of aromatic hydroxyl groups is 1. The Morgan fingerprint density at radius 2 is 1.82 bits per heavy atom.